The van der Waals surface area contributed by atoms with Gasteiger partial charge in [-0.1, -0.05) is 28.1 Å². The van der Waals surface area contributed by atoms with Crippen LogP contribution < -0.4 is 14.8 Å². The van der Waals surface area contributed by atoms with Crippen LogP contribution in [0.1, 0.15) is 18.5 Å². The van der Waals surface area contributed by atoms with Crippen LogP contribution in [0.3, 0.4) is 0 Å². The predicted octanol–water partition coefficient (Wildman–Crippen LogP) is 4.19. The van der Waals surface area contributed by atoms with Crippen molar-refractivity contribution < 1.29 is 9.47 Å². The van der Waals surface area contributed by atoms with Crippen LogP contribution in [0.2, 0.25) is 0 Å². The van der Waals surface area contributed by atoms with Crippen molar-refractivity contribution in [2.24, 2.45) is 0 Å². The molecular weight excluding hydrogens is 330 g/mol. The summed E-state index contributed by atoms with van der Waals surface area (Å²) in [5, 5.41) is 3.45. The van der Waals surface area contributed by atoms with Gasteiger partial charge in [0.05, 0.1) is 7.11 Å². The van der Waals surface area contributed by atoms with Gasteiger partial charge in [-0.05, 0) is 48.9 Å². The molecule has 0 saturated heterocycles. The number of ether oxygens (including phenoxy) is 2. The standard InChI is InChI=1S/C17H20BrNO2/c1-13(14-4-3-5-15(18)12-14)19-10-11-21-17-8-6-16(20-2)7-9-17/h3-9,12-13,19H,10-11H2,1-2H3. The zero-order valence-electron chi connectivity index (χ0n) is 12.3. The Labute approximate surface area is 134 Å². The molecule has 112 valence electrons. The van der Waals surface area contributed by atoms with Crippen molar-refractivity contribution in [3.63, 3.8) is 0 Å². The predicted molar refractivity (Wildman–Crippen MR) is 89.0 cm³/mol. The van der Waals surface area contributed by atoms with E-state index >= 15 is 0 Å². The normalized spacial score (nSPS) is 12.0. The Morgan fingerprint density at radius 2 is 1.81 bits per heavy atom. The highest BCUT2D eigenvalue weighted by Gasteiger charge is 2.04. The van der Waals surface area contributed by atoms with Crippen molar-refractivity contribution >= 4 is 15.9 Å². The summed E-state index contributed by atoms with van der Waals surface area (Å²) in [5.74, 6) is 1.69. The summed E-state index contributed by atoms with van der Waals surface area (Å²) < 4.78 is 11.9. The molecule has 0 heterocycles. The Hall–Kier alpha value is -1.52. The number of hydrogen-bond donors (Lipinski definition) is 1. The van der Waals surface area contributed by atoms with E-state index in [1.165, 1.54) is 5.56 Å². The number of methoxy groups -OCH3 is 1. The third kappa shape index (κ3) is 5.06. The van der Waals surface area contributed by atoms with Crippen molar-refractivity contribution in [3.05, 3.63) is 58.6 Å². The summed E-state index contributed by atoms with van der Waals surface area (Å²) in [6.07, 6.45) is 0. The lowest BCUT2D eigenvalue weighted by molar-refractivity contribution is 0.307. The second kappa shape index (κ2) is 8.05. The van der Waals surface area contributed by atoms with Gasteiger partial charge in [-0.2, -0.15) is 0 Å². The first-order valence-electron chi connectivity index (χ1n) is 6.95. The van der Waals surface area contributed by atoms with Crippen LogP contribution in [0.5, 0.6) is 11.5 Å². The second-order valence-electron chi connectivity index (χ2n) is 4.75. The maximum absolute atomic E-state index is 5.69. The average molecular weight is 350 g/mol. The molecule has 0 saturated carbocycles. The highest BCUT2D eigenvalue weighted by atomic mass is 79.9. The van der Waals surface area contributed by atoms with Crippen LogP contribution in [0, 0.1) is 0 Å². The summed E-state index contributed by atoms with van der Waals surface area (Å²) in [6.45, 7) is 3.57. The molecule has 0 aliphatic rings. The van der Waals surface area contributed by atoms with Gasteiger partial charge in [0.25, 0.3) is 0 Å². The first-order valence-corrected chi connectivity index (χ1v) is 7.74. The Morgan fingerprint density at radius 3 is 2.48 bits per heavy atom. The quantitative estimate of drug-likeness (QED) is 0.760. The van der Waals surface area contributed by atoms with E-state index in [0.29, 0.717) is 12.6 Å². The van der Waals surface area contributed by atoms with E-state index in [-0.39, 0.29) is 0 Å². The molecule has 1 atom stereocenters. The molecule has 0 aliphatic carbocycles. The molecule has 21 heavy (non-hydrogen) atoms. The molecule has 0 bridgehead atoms. The van der Waals surface area contributed by atoms with E-state index in [1.54, 1.807) is 7.11 Å². The van der Waals surface area contributed by atoms with Gasteiger partial charge in [-0.25, -0.2) is 0 Å². The molecule has 0 spiro atoms. The fourth-order valence-electron chi connectivity index (χ4n) is 2.01. The molecule has 2 rings (SSSR count). The van der Waals surface area contributed by atoms with Crippen LogP contribution in [0.25, 0.3) is 0 Å². The Bertz CT molecular complexity index is 557. The lowest BCUT2D eigenvalue weighted by Crippen LogP contribution is -2.24. The molecule has 2 aromatic carbocycles. The molecule has 1 unspecified atom stereocenters. The lowest BCUT2D eigenvalue weighted by Gasteiger charge is -2.15. The summed E-state index contributed by atoms with van der Waals surface area (Å²) in [7, 11) is 1.66. The van der Waals surface area contributed by atoms with E-state index in [2.05, 4.69) is 40.3 Å². The highest BCUT2D eigenvalue weighted by Crippen LogP contribution is 2.18. The van der Waals surface area contributed by atoms with Gasteiger partial charge >= 0.3 is 0 Å². The first-order chi connectivity index (χ1) is 10.2. The van der Waals surface area contributed by atoms with Crippen LogP contribution in [0.15, 0.2) is 53.0 Å². The smallest absolute Gasteiger partial charge is 0.119 e. The minimum Gasteiger partial charge on any atom is -0.497 e. The highest BCUT2D eigenvalue weighted by molar-refractivity contribution is 9.10. The number of nitrogens with one attached hydrogen (secondary N) is 1. The van der Waals surface area contributed by atoms with Gasteiger partial charge < -0.3 is 14.8 Å². The van der Waals surface area contributed by atoms with Gasteiger partial charge in [-0.15, -0.1) is 0 Å². The van der Waals surface area contributed by atoms with Crippen LogP contribution in [-0.4, -0.2) is 20.3 Å². The minimum atomic E-state index is 0.293. The Kier molecular flexibility index (Phi) is 6.08. The topological polar surface area (TPSA) is 30.5 Å². The summed E-state index contributed by atoms with van der Waals surface area (Å²) in [5.41, 5.74) is 1.26. The number of hydrogen-bond acceptors (Lipinski definition) is 3. The monoisotopic (exact) mass is 349 g/mol. The minimum absolute atomic E-state index is 0.293. The van der Waals surface area contributed by atoms with E-state index in [9.17, 15) is 0 Å². The molecule has 0 aromatic heterocycles. The van der Waals surface area contributed by atoms with E-state index < -0.39 is 0 Å². The van der Waals surface area contributed by atoms with Crippen molar-refractivity contribution in [3.8, 4) is 11.5 Å². The van der Waals surface area contributed by atoms with Gasteiger partial charge in [0, 0.05) is 17.1 Å². The fraction of sp³-hybridized carbons (Fsp3) is 0.294. The molecule has 0 radical (unpaired) electrons. The molecule has 0 fully saturated rings. The van der Waals surface area contributed by atoms with Crippen LogP contribution in [-0.2, 0) is 0 Å². The van der Waals surface area contributed by atoms with Crippen molar-refractivity contribution in [1.29, 1.82) is 0 Å². The third-order valence-electron chi connectivity index (χ3n) is 3.23. The summed E-state index contributed by atoms with van der Waals surface area (Å²) in [4.78, 5) is 0. The third-order valence-corrected chi connectivity index (χ3v) is 3.72. The van der Waals surface area contributed by atoms with Gasteiger partial charge in [-0.3, -0.25) is 0 Å². The maximum atomic E-state index is 5.69. The van der Waals surface area contributed by atoms with E-state index in [1.807, 2.05) is 36.4 Å². The van der Waals surface area contributed by atoms with Gasteiger partial charge in [0.15, 0.2) is 0 Å². The lowest BCUT2D eigenvalue weighted by atomic mass is 10.1. The number of rotatable bonds is 7. The number of benzene rings is 2. The van der Waals surface area contributed by atoms with Gasteiger partial charge in [0.2, 0.25) is 0 Å². The molecule has 0 aliphatic heterocycles. The second-order valence-corrected chi connectivity index (χ2v) is 5.67. The SMILES string of the molecule is COc1ccc(OCCNC(C)c2cccc(Br)c2)cc1. The van der Waals surface area contributed by atoms with Crippen molar-refractivity contribution in [2.75, 3.05) is 20.3 Å². The Balaban J connectivity index is 1.73. The van der Waals surface area contributed by atoms with Crippen LogP contribution >= 0.6 is 15.9 Å². The van der Waals surface area contributed by atoms with E-state index in [0.717, 1.165) is 22.5 Å². The molecule has 2 aromatic rings. The number of halogens is 1. The summed E-state index contributed by atoms with van der Waals surface area (Å²) in [6, 6.07) is 16.2. The first kappa shape index (κ1) is 15.9. The Morgan fingerprint density at radius 1 is 1.10 bits per heavy atom. The van der Waals surface area contributed by atoms with Crippen molar-refractivity contribution in [2.45, 2.75) is 13.0 Å². The summed E-state index contributed by atoms with van der Waals surface area (Å²) >= 11 is 3.49. The fourth-order valence-corrected chi connectivity index (χ4v) is 2.43. The molecule has 1 N–H and O–H groups in total. The van der Waals surface area contributed by atoms with Gasteiger partial charge in [0.1, 0.15) is 18.1 Å². The molecule has 4 heteroatoms. The maximum Gasteiger partial charge on any atom is 0.119 e. The zero-order valence-corrected chi connectivity index (χ0v) is 13.9. The average Bonchev–Trinajstić information content (AvgIpc) is 2.52. The molecule has 0 amide bonds. The van der Waals surface area contributed by atoms with E-state index in [4.69, 9.17) is 9.47 Å². The van der Waals surface area contributed by atoms with Crippen molar-refractivity contribution in [1.82, 2.24) is 5.32 Å². The molecular formula is C17H20BrNO2. The molecule has 3 nitrogen and oxygen atoms in total. The largest absolute Gasteiger partial charge is 0.497 e. The zero-order chi connectivity index (χ0) is 15.1. The van der Waals surface area contributed by atoms with Crippen LogP contribution in [0.4, 0.5) is 0 Å².